The number of benzene rings is 1. The Bertz CT molecular complexity index is 428. The van der Waals surface area contributed by atoms with E-state index in [9.17, 15) is 0 Å². The molecule has 2 nitrogen and oxygen atoms in total. The van der Waals surface area contributed by atoms with E-state index in [0.717, 1.165) is 31.6 Å². The fourth-order valence-electron chi connectivity index (χ4n) is 2.33. The first kappa shape index (κ1) is 15.3. The Morgan fingerprint density at radius 1 is 1.32 bits per heavy atom. The van der Waals surface area contributed by atoms with Gasteiger partial charge < -0.3 is 4.90 Å². The normalized spacial score (nSPS) is 12.8. The van der Waals surface area contributed by atoms with Gasteiger partial charge in [-0.1, -0.05) is 51.1 Å². The van der Waals surface area contributed by atoms with Crippen LogP contribution in [0.15, 0.2) is 42.1 Å². The van der Waals surface area contributed by atoms with Crippen molar-refractivity contribution in [3.8, 4) is 6.07 Å². The van der Waals surface area contributed by atoms with E-state index in [2.05, 4.69) is 56.0 Å². The van der Waals surface area contributed by atoms with Crippen molar-refractivity contribution in [1.82, 2.24) is 4.90 Å². The molecule has 0 bridgehead atoms. The van der Waals surface area contributed by atoms with Crippen molar-refractivity contribution in [2.75, 3.05) is 13.1 Å². The summed E-state index contributed by atoms with van der Waals surface area (Å²) in [7, 11) is 0. The second-order valence-corrected chi connectivity index (χ2v) is 4.88. The van der Waals surface area contributed by atoms with Gasteiger partial charge >= 0.3 is 0 Å². The molecule has 0 N–H and O–H groups in total. The second kappa shape index (κ2) is 8.37. The maximum absolute atomic E-state index is 8.88. The highest BCUT2D eigenvalue weighted by atomic mass is 15.1. The van der Waals surface area contributed by atoms with Crippen molar-refractivity contribution in [3.63, 3.8) is 0 Å². The number of hydrogen-bond acceptors (Lipinski definition) is 2. The molecule has 19 heavy (non-hydrogen) atoms. The van der Waals surface area contributed by atoms with Gasteiger partial charge in [-0.3, -0.25) is 0 Å². The van der Waals surface area contributed by atoms with Crippen LogP contribution in [-0.2, 0) is 0 Å². The van der Waals surface area contributed by atoms with E-state index in [-0.39, 0.29) is 0 Å². The summed E-state index contributed by atoms with van der Waals surface area (Å²) < 4.78 is 0. The molecule has 1 rings (SSSR count). The van der Waals surface area contributed by atoms with Gasteiger partial charge in [-0.15, -0.1) is 0 Å². The highest BCUT2D eigenvalue weighted by molar-refractivity contribution is 5.20. The zero-order valence-corrected chi connectivity index (χ0v) is 12.3. The summed E-state index contributed by atoms with van der Waals surface area (Å²) in [6.07, 6.45) is 3.70. The molecule has 2 heteroatoms. The molecule has 0 heterocycles. The van der Waals surface area contributed by atoms with Gasteiger partial charge in [0.1, 0.15) is 0 Å². The smallest absolute Gasteiger partial charge is 0.0930 e. The Balaban J connectivity index is 2.79. The lowest BCUT2D eigenvalue weighted by molar-refractivity contribution is 0.318. The van der Waals surface area contributed by atoms with Gasteiger partial charge in [-0.2, -0.15) is 5.26 Å². The van der Waals surface area contributed by atoms with Crippen LogP contribution in [0.25, 0.3) is 0 Å². The van der Waals surface area contributed by atoms with Gasteiger partial charge in [0.15, 0.2) is 0 Å². The number of hydrogen-bond donors (Lipinski definition) is 0. The van der Waals surface area contributed by atoms with E-state index in [0.29, 0.717) is 5.92 Å². The molecule has 0 aliphatic rings. The molecule has 0 amide bonds. The lowest BCUT2D eigenvalue weighted by Crippen LogP contribution is -2.28. The van der Waals surface area contributed by atoms with Gasteiger partial charge in [-0.25, -0.2) is 0 Å². The Morgan fingerprint density at radius 2 is 2.00 bits per heavy atom. The summed E-state index contributed by atoms with van der Waals surface area (Å²) in [6.45, 7) is 8.52. The third kappa shape index (κ3) is 4.79. The molecular weight excluding hydrogens is 232 g/mol. The van der Waals surface area contributed by atoms with E-state index in [1.165, 1.54) is 5.56 Å². The van der Waals surface area contributed by atoms with Crippen LogP contribution < -0.4 is 0 Å². The topological polar surface area (TPSA) is 27.0 Å². The highest BCUT2D eigenvalue weighted by Gasteiger charge is 2.13. The Morgan fingerprint density at radius 3 is 2.53 bits per heavy atom. The lowest BCUT2D eigenvalue weighted by Gasteiger charge is -2.29. The minimum Gasteiger partial charge on any atom is -0.374 e. The molecule has 0 saturated carbocycles. The van der Waals surface area contributed by atoms with Crippen molar-refractivity contribution < 1.29 is 0 Å². The SMILES string of the molecule is CCCN(CC(C)c1ccccc1)/C(=C\C#N)CC. The predicted octanol–water partition coefficient (Wildman–Crippen LogP) is 4.32. The third-order valence-electron chi connectivity index (χ3n) is 3.36. The van der Waals surface area contributed by atoms with Crippen LogP contribution in [0.1, 0.15) is 45.1 Å². The van der Waals surface area contributed by atoms with Crippen molar-refractivity contribution in [2.45, 2.75) is 39.5 Å². The van der Waals surface area contributed by atoms with Crippen LogP contribution >= 0.6 is 0 Å². The molecule has 1 unspecified atom stereocenters. The Kier molecular flexibility index (Phi) is 6.74. The molecular formula is C17H24N2. The zero-order valence-electron chi connectivity index (χ0n) is 12.3. The Labute approximate surface area is 117 Å². The van der Waals surface area contributed by atoms with Gasteiger partial charge in [0.2, 0.25) is 0 Å². The molecule has 102 valence electrons. The number of rotatable bonds is 7. The summed E-state index contributed by atoms with van der Waals surface area (Å²) in [5.41, 5.74) is 2.50. The summed E-state index contributed by atoms with van der Waals surface area (Å²) >= 11 is 0. The molecule has 1 aromatic carbocycles. The van der Waals surface area contributed by atoms with Crippen molar-refractivity contribution in [3.05, 3.63) is 47.7 Å². The summed E-state index contributed by atoms with van der Waals surface area (Å²) in [4.78, 5) is 2.35. The molecule has 0 aliphatic carbocycles. The second-order valence-electron chi connectivity index (χ2n) is 4.88. The van der Waals surface area contributed by atoms with Crippen LogP contribution in [0.4, 0.5) is 0 Å². The van der Waals surface area contributed by atoms with Crippen molar-refractivity contribution in [2.24, 2.45) is 0 Å². The van der Waals surface area contributed by atoms with E-state index >= 15 is 0 Å². The molecule has 0 saturated heterocycles. The van der Waals surface area contributed by atoms with Crippen LogP contribution in [0.3, 0.4) is 0 Å². The molecule has 0 spiro atoms. The number of allylic oxidation sites excluding steroid dienone is 2. The van der Waals surface area contributed by atoms with E-state index in [4.69, 9.17) is 5.26 Å². The summed E-state index contributed by atoms with van der Waals surface area (Å²) in [5.74, 6) is 0.474. The lowest BCUT2D eigenvalue weighted by atomic mass is 10.00. The maximum atomic E-state index is 8.88. The zero-order chi connectivity index (χ0) is 14.1. The van der Waals surface area contributed by atoms with Gasteiger partial charge in [0, 0.05) is 24.9 Å². The molecule has 1 aromatic rings. The van der Waals surface area contributed by atoms with Crippen LogP contribution in [0, 0.1) is 11.3 Å². The standard InChI is InChI=1S/C17H24N2/c1-4-13-19(17(5-2)11-12-18)14-15(3)16-9-7-6-8-10-16/h6-11,15H,4-5,13-14H2,1-3H3/b17-11-. The first-order chi connectivity index (χ1) is 9.22. The average Bonchev–Trinajstić information content (AvgIpc) is 2.45. The predicted molar refractivity (Wildman–Crippen MR) is 80.7 cm³/mol. The monoisotopic (exact) mass is 256 g/mol. The summed E-state index contributed by atoms with van der Waals surface area (Å²) in [5, 5.41) is 8.88. The number of nitrogens with zero attached hydrogens (tertiary/aromatic N) is 2. The van der Waals surface area contributed by atoms with Crippen LogP contribution in [0.5, 0.6) is 0 Å². The largest absolute Gasteiger partial charge is 0.374 e. The minimum atomic E-state index is 0.474. The van der Waals surface area contributed by atoms with E-state index in [1.807, 2.05) is 6.07 Å². The average molecular weight is 256 g/mol. The van der Waals surface area contributed by atoms with E-state index in [1.54, 1.807) is 6.08 Å². The number of nitriles is 1. The van der Waals surface area contributed by atoms with Crippen molar-refractivity contribution in [1.29, 1.82) is 5.26 Å². The highest BCUT2D eigenvalue weighted by Crippen LogP contribution is 2.20. The van der Waals surface area contributed by atoms with Crippen molar-refractivity contribution >= 4 is 0 Å². The first-order valence-electron chi connectivity index (χ1n) is 7.11. The van der Waals surface area contributed by atoms with Gasteiger partial charge in [0.25, 0.3) is 0 Å². The summed E-state index contributed by atoms with van der Waals surface area (Å²) in [6, 6.07) is 12.7. The van der Waals surface area contributed by atoms with Gasteiger partial charge in [-0.05, 0) is 24.3 Å². The third-order valence-corrected chi connectivity index (χ3v) is 3.36. The molecule has 1 atom stereocenters. The van der Waals surface area contributed by atoms with Gasteiger partial charge in [0.05, 0.1) is 6.07 Å². The molecule has 0 fully saturated rings. The fourth-order valence-corrected chi connectivity index (χ4v) is 2.33. The van der Waals surface area contributed by atoms with E-state index < -0.39 is 0 Å². The first-order valence-corrected chi connectivity index (χ1v) is 7.11. The fraction of sp³-hybridized carbons (Fsp3) is 0.471. The van der Waals surface area contributed by atoms with Crippen LogP contribution in [-0.4, -0.2) is 18.0 Å². The molecule has 0 aromatic heterocycles. The Hall–Kier alpha value is -1.75. The minimum absolute atomic E-state index is 0.474. The molecule has 0 aliphatic heterocycles. The maximum Gasteiger partial charge on any atom is 0.0930 e. The quantitative estimate of drug-likeness (QED) is 0.679. The molecule has 0 radical (unpaired) electrons. The van der Waals surface area contributed by atoms with Crippen LogP contribution in [0.2, 0.25) is 0 Å².